The predicted octanol–water partition coefficient (Wildman–Crippen LogP) is 3.86. The molecule has 2 N–H and O–H groups in total. The third-order valence-corrected chi connectivity index (χ3v) is 5.90. The number of nitrogens with zero attached hydrogens (tertiary/aromatic N) is 1. The maximum absolute atomic E-state index is 13.5. The molecule has 39 heavy (non-hydrogen) atoms. The lowest BCUT2D eigenvalue weighted by Gasteiger charge is -2.27. The normalized spacial score (nSPS) is 12.4. The number of amides is 3. The first-order valence-electron chi connectivity index (χ1n) is 13.2. The summed E-state index contributed by atoms with van der Waals surface area (Å²) in [6.45, 7) is 7.76. The monoisotopic (exact) mass is 537 g/mol. The van der Waals surface area contributed by atoms with E-state index in [1.807, 2.05) is 88.4 Å². The van der Waals surface area contributed by atoms with Crippen LogP contribution in [-0.4, -0.2) is 47.6 Å². The van der Waals surface area contributed by atoms with E-state index in [2.05, 4.69) is 10.7 Å². The number of aldehydes is 1. The van der Waals surface area contributed by atoms with Gasteiger partial charge >= 0.3 is 12.0 Å². The molecule has 0 heterocycles. The number of hydrogen-bond acceptors (Lipinski definition) is 6. The molecule has 0 spiro atoms. The van der Waals surface area contributed by atoms with Gasteiger partial charge in [-0.1, -0.05) is 88.4 Å². The summed E-state index contributed by atoms with van der Waals surface area (Å²) >= 11 is 0. The standard InChI is InChI=1S/C30H39N3O6/c1-21(2)15-26(31-30(38)39-20-24-13-9-6-10-14-24)27(35)17-25(16-23-11-7-5-8-12-23)29(37)32-33(18-22(3)4)28(36)19-34/h5-14,19,21-22,25-26H,15-18,20H2,1-4H3,(H,31,38)(H,32,37)/t25-,26+/m1/s1. The fraction of sp³-hybridized carbons (Fsp3) is 0.433. The molecule has 0 saturated carbocycles. The number of carbonyl (C=O) groups excluding carboxylic acids is 5. The zero-order valence-corrected chi connectivity index (χ0v) is 23.1. The first-order valence-corrected chi connectivity index (χ1v) is 13.2. The number of rotatable bonds is 14. The van der Waals surface area contributed by atoms with Crippen LogP contribution in [0.3, 0.4) is 0 Å². The molecule has 3 amide bonds. The number of carbonyl (C=O) groups is 5. The molecule has 2 aromatic rings. The molecule has 0 bridgehead atoms. The fourth-order valence-electron chi connectivity index (χ4n) is 4.03. The molecule has 0 aliphatic carbocycles. The molecule has 0 saturated heterocycles. The van der Waals surface area contributed by atoms with Gasteiger partial charge in [0.1, 0.15) is 6.61 Å². The Hall–Kier alpha value is -4.01. The Bertz CT molecular complexity index is 1090. The highest BCUT2D eigenvalue weighted by molar-refractivity contribution is 6.23. The maximum atomic E-state index is 13.5. The van der Waals surface area contributed by atoms with E-state index in [0.29, 0.717) is 6.42 Å². The smallest absolute Gasteiger partial charge is 0.408 e. The average molecular weight is 538 g/mol. The van der Waals surface area contributed by atoms with Gasteiger partial charge in [-0.25, -0.2) is 9.80 Å². The number of ether oxygens (including phenoxy) is 1. The van der Waals surface area contributed by atoms with Gasteiger partial charge in [0.2, 0.25) is 12.2 Å². The molecule has 2 atom stereocenters. The van der Waals surface area contributed by atoms with Gasteiger partial charge in [-0.05, 0) is 35.8 Å². The molecule has 0 aliphatic rings. The molecule has 0 aromatic heterocycles. The van der Waals surface area contributed by atoms with E-state index in [9.17, 15) is 24.0 Å². The van der Waals surface area contributed by atoms with Gasteiger partial charge in [-0.3, -0.25) is 24.6 Å². The molecule has 9 nitrogen and oxygen atoms in total. The predicted molar refractivity (Wildman–Crippen MR) is 147 cm³/mol. The van der Waals surface area contributed by atoms with E-state index in [1.54, 1.807) is 0 Å². The van der Waals surface area contributed by atoms with Crippen LogP contribution in [-0.2, 0) is 36.9 Å². The molecule has 2 aromatic carbocycles. The summed E-state index contributed by atoms with van der Waals surface area (Å²) in [5.74, 6) is -2.52. The van der Waals surface area contributed by atoms with Crippen molar-refractivity contribution in [1.29, 1.82) is 0 Å². The van der Waals surface area contributed by atoms with Crippen LogP contribution >= 0.6 is 0 Å². The summed E-state index contributed by atoms with van der Waals surface area (Å²) in [7, 11) is 0. The highest BCUT2D eigenvalue weighted by Gasteiger charge is 2.30. The van der Waals surface area contributed by atoms with E-state index in [0.717, 1.165) is 16.1 Å². The molecule has 0 radical (unpaired) electrons. The Morgan fingerprint density at radius 3 is 2.00 bits per heavy atom. The zero-order chi connectivity index (χ0) is 28.8. The molecule has 9 heteroatoms. The number of Topliss-reactive ketones (excluding diaryl/α,β-unsaturated/α-hetero) is 1. The highest BCUT2D eigenvalue weighted by Crippen LogP contribution is 2.18. The number of benzene rings is 2. The molecule has 210 valence electrons. The van der Waals surface area contributed by atoms with Crippen molar-refractivity contribution < 1.29 is 28.7 Å². The molecule has 0 aliphatic heterocycles. The third-order valence-electron chi connectivity index (χ3n) is 5.90. The second-order valence-electron chi connectivity index (χ2n) is 10.4. The number of nitrogens with one attached hydrogen (secondary N) is 2. The van der Waals surface area contributed by atoms with Crippen molar-refractivity contribution in [3.05, 3.63) is 71.8 Å². The Kier molecular flexibility index (Phi) is 12.9. The van der Waals surface area contributed by atoms with Gasteiger partial charge in [0.25, 0.3) is 0 Å². The third kappa shape index (κ3) is 11.5. The van der Waals surface area contributed by atoms with Crippen molar-refractivity contribution in [2.45, 2.75) is 59.6 Å². The van der Waals surface area contributed by atoms with Crippen molar-refractivity contribution in [1.82, 2.24) is 15.8 Å². The number of ketones is 1. The molecular formula is C30H39N3O6. The first kappa shape index (κ1) is 31.2. The van der Waals surface area contributed by atoms with Gasteiger partial charge < -0.3 is 10.1 Å². The second kappa shape index (κ2) is 16.1. The van der Waals surface area contributed by atoms with Gasteiger partial charge in [0.15, 0.2) is 5.78 Å². The summed E-state index contributed by atoms with van der Waals surface area (Å²) in [6.07, 6.45) is -0.162. The SMILES string of the molecule is CC(C)C[C@H](NC(=O)OCc1ccccc1)C(=O)C[C@@H](Cc1ccccc1)C(=O)NN(CC(C)C)C(=O)C=O. The lowest BCUT2D eigenvalue weighted by atomic mass is 9.89. The summed E-state index contributed by atoms with van der Waals surface area (Å²) < 4.78 is 5.31. The van der Waals surface area contributed by atoms with Crippen LogP contribution in [0.1, 0.15) is 51.7 Å². The Balaban J connectivity index is 2.18. The quantitative estimate of drug-likeness (QED) is 0.214. The lowest BCUT2D eigenvalue weighted by molar-refractivity contribution is -0.147. The van der Waals surface area contributed by atoms with Gasteiger partial charge in [-0.2, -0.15) is 0 Å². The van der Waals surface area contributed by atoms with Crippen LogP contribution in [0.5, 0.6) is 0 Å². The van der Waals surface area contributed by atoms with Crippen molar-refractivity contribution >= 4 is 30.0 Å². The van der Waals surface area contributed by atoms with Crippen LogP contribution in [0.4, 0.5) is 4.79 Å². The maximum Gasteiger partial charge on any atom is 0.408 e. The molecule has 0 fully saturated rings. The Labute approximate surface area is 230 Å². The van der Waals surface area contributed by atoms with Crippen molar-refractivity contribution in [3.63, 3.8) is 0 Å². The fourth-order valence-corrected chi connectivity index (χ4v) is 4.03. The number of hydrazine groups is 1. The average Bonchev–Trinajstić information content (AvgIpc) is 2.90. The van der Waals surface area contributed by atoms with E-state index in [-0.39, 0.29) is 49.9 Å². The van der Waals surface area contributed by atoms with E-state index in [1.165, 1.54) is 0 Å². The topological polar surface area (TPSA) is 122 Å². The minimum Gasteiger partial charge on any atom is -0.445 e. The van der Waals surface area contributed by atoms with Crippen molar-refractivity contribution in [3.8, 4) is 0 Å². The summed E-state index contributed by atoms with van der Waals surface area (Å²) in [5, 5.41) is 3.65. The zero-order valence-electron chi connectivity index (χ0n) is 23.1. The van der Waals surface area contributed by atoms with E-state index in [4.69, 9.17) is 4.74 Å². The van der Waals surface area contributed by atoms with Gasteiger partial charge in [0, 0.05) is 13.0 Å². The van der Waals surface area contributed by atoms with E-state index < -0.39 is 29.9 Å². The Morgan fingerprint density at radius 1 is 0.872 bits per heavy atom. The van der Waals surface area contributed by atoms with Crippen molar-refractivity contribution in [2.75, 3.05) is 6.54 Å². The summed E-state index contributed by atoms with van der Waals surface area (Å²) in [4.78, 5) is 62.6. The van der Waals surface area contributed by atoms with Gasteiger partial charge in [0.05, 0.1) is 12.0 Å². The minimum atomic E-state index is -0.873. The number of alkyl carbamates (subject to hydrolysis) is 1. The largest absolute Gasteiger partial charge is 0.445 e. The van der Waals surface area contributed by atoms with Crippen LogP contribution < -0.4 is 10.7 Å². The molecule has 2 rings (SSSR count). The van der Waals surface area contributed by atoms with Crippen LogP contribution in [0.2, 0.25) is 0 Å². The van der Waals surface area contributed by atoms with Crippen LogP contribution in [0, 0.1) is 17.8 Å². The van der Waals surface area contributed by atoms with Crippen LogP contribution in [0.25, 0.3) is 0 Å². The van der Waals surface area contributed by atoms with Gasteiger partial charge in [-0.15, -0.1) is 0 Å². The lowest BCUT2D eigenvalue weighted by Crippen LogP contribution is -2.51. The first-order chi connectivity index (χ1) is 18.6. The highest BCUT2D eigenvalue weighted by atomic mass is 16.5. The van der Waals surface area contributed by atoms with E-state index >= 15 is 0 Å². The summed E-state index contributed by atoms with van der Waals surface area (Å²) in [5.41, 5.74) is 4.18. The molecular weight excluding hydrogens is 498 g/mol. The molecule has 0 unspecified atom stereocenters. The minimum absolute atomic E-state index is 0.00933. The second-order valence-corrected chi connectivity index (χ2v) is 10.4. The van der Waals surface area contributed by atoms with Crippen LogP contribution in [0.15, 0.2) is 60.7 Å². The number of hydrogen-bond donors (Lipinski definition) is 2. The van der Waals surface area contributed by atoms with Crippen molar-refractivity contribution in [2.24, 2.45) is 17.8 Å². The summed E-state index contributed by atoms with van der Waals surface area (Å²) in [6, 6.07) is 17.5. The Morgan fingerprint density at radius 2 is 1.46 bits per heavy atom.